The van der Waals surface area contributed by atoms with Crippen LogP contribution in [0.3, 0.4) is 0 Å². The maximum atomic E-state index is 13.3. The molecule has 0 unspecified atom stereocenters. The Hall–Kier alpha value is -3.00. The van der Waals surface area contributed by atoms with Crippen molar-refractivity contribution in [3.05, 3.63) is 86.6 Å². The van der Waals surface area contributed by atoms with Gasteiger partial charge in [-0.25, -0.2) is 4.98 Å². The lowest BCUT2D eigenvalue weighted by atomic mass is 10.2. The number of carbonyl (C=O) groups excluding carboxylic acids is 1. The van der Waals surface area contributed by atoms with E-state index in [1.165, 1.54) is 4.57 Å². The molecule has 0 saturated heterocycles. The fourth-order valence-electron chi connectivity index (χ4n) is 3.30. The molecule has 0 aliphatic rings. The molecule has 1 heterocycles. The van der Waals surface area contributed by atoms with Gasteiger partial charge in [-0.05, 0) is 55.0 Å². The van der Waals surface area contributed by atoms with Gasteiger partial charge in [0.2, 0.25) is 5.91 Å². The van der Waals surface area contributed by atoms with Crippen molar-refractivity contribution < 1.29 is 9.53 Å². The molecular formula is C24H19Cl2N3O3S. The molecule has 0 aliphatic carbocycles. The normalized spacial score (nSPS) is 10.9. The second-order valence-corrected chi connectivity index (χ2v) is 8.95. The summed E-state index contributed by atoms with van der Waals surface area (Å²) in [5.41, 5.74) is 2.36. The summed E-state index contributed by atoms with van der Waals surface area (Å²) in [6.07, 6.45) is 0. The minimum Gasteiger partial charge on any atom is -0.495 e. The van der Waals surface area contributed by atoms with E-state index < -0.39 is 0 Å². The maximum absolute atomic E-state index is 13.3. The van der Waals surface area contributed by atoms with Gasteiger partial charge in [0.15, 0.2) is 5.16 Å². The zero-order valence-corrected chi connectivity index (χ0v) is 20.1. The Bertz CT molecular complexity index is 1420. The lowest BCUT2D eigenvalue weighted by Crippen LogP contribution is -2.23. The number of aryl methyl sites for hydroxylation is 1. The summed E-state index contributed by atoms with van der Waals surface area (Å²) >= 11 is 13.4. The molecule has 9 heteroatoms. The largest absolute Gasteiger partial charge is 0.495 e. The molecule has 1 N–H and O–H groups in total. The van der Waals surface area contributed by atoms with Crippen molar-refractivity contribution in [3.63, 3.8) is 0 Å². The number of nitrogens with one attached hydrogen (secondary N) is 1. The zero-order chi connectivity index (χ0) is 23.5. The van der Waals surface area contributed by atoms with Crippen molar-refractivity contribution in [3.8, 4) is 11.4 Å². The Balaban J connectivity index is 1.68. The molecule has 1 amide bonds. The lowest BCUT2D eigenvalue weighted by molar-refractivity contribution is -0.113. The highest BCUT2D eigenvalue weighted by Gasteiger charge is 2.16. The number of rotatable bonds is 6. The topological polar surface area (TPSA) is 73.2 Å². The molecule has 1 aromatic heterocycles. The minimum atomic E-state index is -0.262. The summed E-state index contributed by atoms with van der Waals surface area (Å²) in [5, 5.41) is 4.38. The number of nitrogens with zero attached hydrogens (tertiary/aromatic N) is 2. The Morgan fingerprint density at radius 2 is 1.88 bits per heavy atom. The lowest BCUT2D eigenvalue weighted by Gasteiger charge is -2.14. The van der Waals surface area contributed by atoms with Crippen LogP contribution in [0.2, 0.25) is 10.0 Å². The van der Waals surface area contributed by atoms with Crippen LogP contribution in [-0.2, 0) is 4.79 Å². The average molecular weight is 500 g/mol. The Morgan fingerprint density at radius 1 is 1.09 bits per heavy atom. The third-order valence-electron chi connectivity index (χ3n) is 4.87. The van der Waals surface area contributed by atoms with Crippen molar-refractivity contribution >= 4 is 57.5 Å². The molecule has 33 heavy (non-hydrogen) atoms. The first kappa shape index (κ1) is 23.2. The number of thioether (sulfide) groups is 1. The molecule has 6 nitrogen and oxygen atoms in total. The number of amides is 1. The number of carbonyl (C=O) groups is 1. The van der Waals surface area contributed by atoms with Gasteiger partial charge >= 0.3 is 0 Å². The van der Waals surface area contributed by atoms with Gasteiger partial charge in [0.05, 0.1) is 45.2 Å². The van der Waals surface area contributed by atoms with E-state index in [1.807, 2.05) is 25.1 Å². The summed E-state index contributed by atoms with van der Waals surface area (Å²) in [6.45, 7) is 1.93. The molecule has 0 spiro atoms. The highest BCUT2D eigenvalue weighted by Crippen LogP contribution is 2.28. The zero-order valence-electron chi connectivity index (χ0n) is 17.8. The van der Waals surface area contributed by atoms with E-state index in [4.69, 9.17) is 27.9 Å². The molecular weight excluding hydrogens is 481 g/mol. The van der Waals surface area contributed by atoms with Crippen molar-refractivity contribution in [1.29, 1.82) is 0 Å². The third kappa shape index (κ3) is 5.00. The first-order chi connectivity index (χ1) is 15.9. The smallest absolute Gasteiger partial charge is 0.266 e. The van der Waals surface area contributed by atoms with Crippen molar-refractivity contribution in [2.75, 3.05) is 18.2 Å². The van der Waals surface area contributed by atoms with Crippen LogP contribution in [-0.4, -0.2) is 28.3 Å². The molecule has 3 aromatic carbocycles. The molecule has 0 saturated carbocycles. The molecule has 168 valence electrons. The van der Waals surface area contributed by atoms with E-state index in [0.717, 1.165) is 17.3 Å². The maximum Gasteiger partial charge on any atom is 0.266 e. The van der Waals surface area contributed by atoms with E-state index >= 15 is 0 Å². The first-order valence-corrected chi connectivity index (χ1v) is 11.7. The van der Waals surface area contributed by atoms with Gasteiger partial charge in [0.25, 0.3) is 5.56 Å². The van der Waals surface area contributed by atoms with E-state index in [-0.39, 0.29) is 17.2 Å². The number of halogens is 2. The predicted molar refractivity (Wildman–Crippen MR) is 134 cm³/mol. The highest BCUT2D eigenvalue weighted by molar-refractivity contribution is 7.99. The fourth-order valence-corrected chi connectivity index (χ4v) is 4.40. The van der Waals surface area contributed by atoms with Crippen LogP contribution in [0.4, 0.5) is 5.69 Å². The van der Waals surface area contributed by atoms with Gasteiger partial charge in [-0.15, -0.1) is 0 Å². The average Bonchev–Trinajstić information content (AvgIpc) is 2.80. The number of hydrogen-bond donors (Lipinski definition) is 1. The first-order valence-electron chi connectivity index (χ1n) is 9.92. The molecule has 0 bridgehead atoms. The SMILES string of the molecule is COc1ccc(C)cc1NC(=O)CSc1nc2ccccc2c(=O)n1-c1ccc(Cl)c(Cl)c1. The number of hydrogen-bond acceptors (Lipinski definition) is 5. The van der Waals surface area contributed by atoms with Gasteiger partial charge in [0.1, 0.15) is 5.75 Å². The number of fused-ring (bicyclic) bond motifs is 1. The predicted octanol–water partition coefficient (Wildman–Crippen LogP) is 5.74. The van der Waals surface area contributed by atoms with E-state index in [0.29, 0.717) is 43.2 Å². The Morgan fingerprint density at radius 3 is 2.64 bits per heavy atom. The number of anilines is 1. The summed E-state index contributed by atoms with van der Waals surface area (Å²) in [7, 11) is 1.55. The van der Waals surface area contributed by atoms with Crippen molar-refractivity contribution in [2.24, 2.45) is 0 Å². The molecule has 4 rings (SSSR count). The van der Waals surface area contributed by atoms with Crippen LogP contribution in [0.5, 0.6) is 5.75 Å². The number of benzene rings is 3. The molecule has 0 aliphatic heterocycles. The van der Waals surface area contributed by atoms with E-state index in [9.17, 15) is 9.59 Å². The molecule has 0 radical (unpaired) electrons. The standard InChI is InChI=1S/C24H19Cl2N3O3S/c1-14-7-10-21(32-2)20(11-14)27-22(30)13-33-24-28-19-6-4-3-5-16(19)23(31)29(24)15-8-9-17(25)18(26)12-15/h3-12H,13H2,1-2H3,(H,27,30). The van der Waals surface area contributed by atoms with Gasteiger partial charge in [-0.3, -0.25) is 14.2 Å². The number of methoxy groups -OCH3 is 1. The Kier molecular flexibility index (Phi) is 6.93. The van der Waals surface area contributed by atoms with E-state index in [1.54, 1.807) is 49.6 Å². The second-order valence-electron chi connectivity index (χ2n) is 7.19. The molecule has 0 fully saturated rings. The van der Waals surface area contributed by atoms with Crippen molar-refractivity contribution in [1.82, 2.24) is 9.55 Å². The van der Waals surface area contributed by atoms with Crippen LogP contribution < -0.4 is 15.6 Å². The highest BCUT2D eigenvalue weighted by atomic mass is 35.5. The third-order valence-corrected chi connectivity index (χ3v) is 6.55. The fraction of sp³-hybridized carbons (Fsp3) is 0.125. The quantitative estimate of drug-likeness (QED) is 0.270. The van der Waals surface area contributed by atoms with Crippen LogP contribution in [0.25, 0.3) is 16.6 Å². The van der Waals surface area contributed by atoms with Crippen LogP contribution in [0.1, 0.15) is 5.56 Å². The monoisotopic (exact) mass is 499 g/mol. The van der Waals surface area contributed by atoms with Gasteiger partial charge in [-0.1, -0.05) is 53.2 Å². The molecule has 0 atom stereocenters. The second kappa shape index (κ2) is 9.87. The van der Waals surface area contributed by atoms with E-state index in [2.05, 4.69) is 10.3 Å². The minimum absolute atomic E-state index is 0.0310. The van der Waals surface area contributed by atoms with Crippen LogP contribution in [0, 0.1) is 6.92 Å². The summed E-state index contributed by atoms with van der Waals surface area (Å²) in [5.74, 6) is 0.339. The van der Waals surface area contributed by atoms with Crippen LogP contribution >= 0.6 is 35.0 Å². The van der Waals surface area contributed by atoms with Gasteiger partial charge in [-0.2, -0.15) is 0 Å². The number of aromatic nitrogens is 2. The summed E-state index contributed by atoms with van der Waals surface area (Å²) < 4.78 is 6.76. The van der Waals surface area contributed by atoms with Gasteiger partial charge in [0, 0.05) is 0 Å². The van der Waals surface area contributed by atoms with Crippen molar-refractivity contribution in [2.45, 2.75) is 12.1 Å². The molecule has 4 aromatic rings. The Labute approximate surface area is 204 Å². The summed E-state index contributed by atoms with van der Waals surface area (Å²) in [6, 6.07) is 17.5. The number of ether oxygens (including phenoxy) is 1. The number of para-hydroxylation sites is 1. The summed E-state index contributed by atoms with van der Waals surface area (Å²) in [4.78, 5) is 30.7. The van der Waals surface area contributed by atoms with Gasteiger partial charge < -0.3 is 10.1 Å². The van der Waals surface area contributed by atoms with Crippen LogP contribution in [0.15, 0.2) is 70.6 Å².